The van der Waals surface area contributed by atoms with Gasteiger partial charge in [-0.15, -0.1) is 0 Å². The minimum atomic E-state index is -0.581. The Bertz CT molecular complexity index is 1480. The lowest BCUT2D eigenvalue weighted by Crippen LogP contribution is -2.14. The Morgan fingerprint density at radius 3 is 2.49 bits per heavy atom. The molecule has 0 saturated heterocycles. The van der Waals surface area contributed by atoms with E-state index in [9.17, 15) is 19.2 Å². The summed E-state index contributed by atoms with van der Waals surface area (Å²) in [5, 5.41) is 14.3. The Morgan fingerprint density at radius 1 is 1.00 bits per heavy atom. The first-order valence-corrected chi connectivity index (χ1v) is 10.8. The smallest absolute Gasteiger partial charge is 0.337 e. The first-order chi connectivity index (χ1) is 17.0. The number of nitrogens with one attached hydrogen (secondary N) is 1. The van der Waals surface area contributed by atoms with Crippen LogP contribution < -0.4 is 5.32 Å². The maximum atomic E-state index is 13.8. The van der Waals surface area contributed by atoms with Crippen molar-refractivity contribution in [1.82, 2.24) is 0 Å². The van der Waals surface area contributed by atoms with E-state index in [1.165, 1.54) is 31.4 Å². The highest BCUT2D eigenvalue weighted by molar-refractivity contribution is 6.11. The first kappa shape index (κ1) is 23.4. The topological polar surface area (TPSA) is 79.2 Å². The minimum absolute atomic E-state index is 0.0844. The van der Waals surface area contributed by atoms with E-state index in [1.807, 2.05) is 48.5 Å². The monoisotopic (exact) mass is 464 g/mol. The maximum absolute atomic E-state index is 13.8. The van der Waals surface area contributed by atoms with Gasteiger partial charge < -0.3 is 10.1 Å². The molecule has 0 atom stereocenters. The number of amides is 1. The number of esters is 1. The molecule has 0 saturated carbocycles. The third-order valence-corrected chi connectivity index (χ3v) is 5.56. The van der Waals surface area contributed by atoms with Gasteiger partial charge in [-0.25, -0.2) is 9.18 Å². The van der Waals surface area contributed by atoms with Crippen LogP contribution >= 0.6 is 0 Å². The predicted octanol–water partition coefficient (Wildman–Crippen LogP) is 5.90. The summed E-state index contributed by atoms with van der Waals surface area (Å²) in [5.74, 6) is -1.39. The average Bonchev–Trinajstić information content (AvgIpc) is 2.88. The molecule has 0 heterocycles. The molecule has 0 aliphatic heterocycles. The van der Waals surface area contributed by atoms with E-state index in [0.717, 1.165) is 27.5 Å². The van der Waals surface area contributed by atoms with Crippen molar-refractivity contribution >= 4 is 34.4 Å². The van der Waals surface area contributed by atoms with Crippen LogP contribution in [0, 0.1) is 17.1 Å². The molecule has 0 aliphatic rings. The number of ether oxygens (including phenoxy) is 1. The van der Waals surface area contributed by atoms with Gasteiger partial charge in [0.05, 0.1) is 12.7 Å². The van der Waals surface area contributed by atoms with Crippen LogP contribution in [-0.4, -0.2) is 19.0 Å². The second kappa shape index (κ2) is 10.4. The van der Waals surface area contributed by atoms with Crippen molar-refractivity contribution in [2.24, 2.45) is 0 Å². The number of methoxy groups -OCH3 is 1. The number of fused-ring (bicyclic) bond motifs is 1. The van der Waals surface area contributed by atoms with Gasteiger partial charge in [0.2, 0.25) is 0 Å². The van der Waals surface area contributed by atoms with Gasteiger partial charge >= 0.3 is 5.97 Å². The van der Waals surface area contributed by atoms with Gasteiger partial charge in [-0.05, 0) is 76.4 Å². The number of nitrogens with zero attached hydrogens (tertiary/aromatic N) is 1. The first-order valence-electron chi connectivity index (χ1n) is 10.8. The van der Waals surface area contributed by atoms with E-state index in [2.05, 4.69) is 10.1 Å². The Hall–Kier alpha value is -4.76. The summed E-state index contributed by atoms with van der Waals surface area (Å²) in [4.78, 5) is 24.5. The molecule has 0 radical (unpaired) electrons. The number of anilines is 1. The zero-order chi connectivity index (χ0) is 24.8. The van der Waals surface area contributed by atoms with E-state index >= 15 is 0 Å². The van der Waals surface area contributed by atoms with Gasteiger partial charge in [0, 0.05) is 5.69 Å². The van der Waals surface area contributed by atoms with E-state index in [4.69, 9.17) is 0 Å². The number of hydrogen-bond acceptors (Lipinski definition) is 4. The summed E-state index contributed by atoms with van der Waals surface area (Å²) in [7, 11) is 1.29. The lowest BCUT2D eigenvalue weighted by atomic mass is 9.93. The SMILES string of the molecule is COC(=O)c1ccc(NC(=O)/C(C#N)=C/c2c(Cc3cccc(F)c3)ccc3ccccc23)cc1. The Labute approximate surface area is 202 Å². The molecule has 1 amide bonds. The molecule has 4 aromatic rings. The van der Waals surface area contributed by atoms with E-state index < -0.39 is 11.9 Å². The highest BCUT2D eigenvalue weighted by atomic mass is 19.1. The second-order valence-electron chi connectivity index (χ2n) is 7.86. The summed E-state index contributed by atoms with van der Waals surface area (Å²) in [6.45, 7) is 0. The largest absolute Gasteiger partial charge is 0.465 e. The van der Waals surface area contributed by atoms with Crippen LogP contribution in [0.25, 0.3) is 16.8 Å². The molecule has 1 N–H and O–H groups in total. The van der Waals surface area contributed by atoms with E-state index in [1.54, 1.807) is 24.3 Å². The molecule has 0 fully saturated rings. The summed E-state index contributed by atoms with van der Waals surface area (Å²) in [5.41, 5.74) is 3.06. The second-order valence-corrected chi connectivity index (χ2v) is 7.86. The molecule has 6 heteroatoms. The minimum Gasteiger partial charge on any atom is -0.465 e. The Morgan fingerprint density at radius 2 is 1.77 bits per heavy atom. The molecule has 0 bridgehead atoms. The fourth-order valence-electron chi connectivity index (χ4n) is 3.83. The van der Waals surface area contributed by atoms with Gasteiger partial charge in [-0.2, -0.15) is 5.26 Å². The average molecular weight is 464 g/mol. The number of rotatable bonds is 6. The van der Waals surface area contributed by atoms with Crippen molar-refractivity contribution < 1.29 is 18.7 Å². The molecule has 35 heavy (non-hydrogen) atoms. The quantitative estimate of drug-likeness (QED) is 0.219. The number of hydrogen-bond donors (Lipinski definition) is 1. The van der Waals surface area contributed by atoms with Gasteiger partial charge in [0.15, 0.2) is 0 Å². The number of carbonyl (C=O) groups is 2. The zero-order valence-electron chi connectivity index (χ0n) is 18.9. The predicted molar refractivity (Wildman–Crippen MR) is 133 cm³/mol. The van der Waals surface area contributed by atoms with Crippen molar-refractivity contribution in [3.05, 3.63) is 119 Å². The van der Waals surface area contributed by atoms with Crippen LogP contribution in [0.3, 0.4) is 0 Å². The number of halogens is 1. The fourth-order valence-corrected chi connectivity index (χ4v) is 3.83. The lowest BCUT2D eigenvalue weighted by molar-refractivity contribution is -0.112. The van der Waals surface area contributed by atoms with Crippen LogP contribution in [0.5, 0.6) is 0 Å². The Kier molecular flexibility index (Phi) is 6.99. The van der Waals surface area contributed by atoms with Crippen LogP contribution in [0.2, 0.25) is 0 Å². The van der Waals surface area contributed by atoms with Gasteiger partial charge in [-0.3, -0.25) is 4.79 Å². The number of nitriles is 1. The molecule has 0 aliphatic carbocycles. The number of benzene rings is 4. The molecule has 0 spiro atoms. The molecule has 0 aromatic heterocycles. The van der Waals surface area contributed by atoms with Crippen LogP contribution in [0.1, 0.15) is 27.0 Å². The van der Waals surface area contributed by atoms with Crippen molar-refractivity contribution in [3.8, 4) is 6.07 Å². The Balaban J connectivity index is 1.70. The molecule has 5 nitrogen and oxygen atoms in total. The van der Waals surface area contributed by atoms with Gasteiger partial charge in [0.1, 0.15) is 17.5 Å². The maximum Gasteiger partial charge on any atom is 0.337 e. The van der Waals surface area contributed by atoms with E-state index in [0.29, 0.717) is 17.7 Å². The summed E-state index contributed by atoms with van der Waals surface area (Å²) < 4.78 is 18.4. The zero-order valence-corrected chi connectivity index (χ0v) is 18.9. The van der Waals surface area contributed by atoms with E-state index in [-0.39, 0.29) is 11.4 Å². The third kappa shape index (κ3) is 5.43. The van der Waals surface area contributed by atoms with Crippen LogP contribution in [0.15, 0.2) is 90.5 Å². The van der Waals surface area contributed by atoms with Crippen molar-refractivity contribution in [2.45, 2.75) is 6.42 Å². The number of carbonyl (C=O) groups excluding carboxylic acids is 2. The van der Waals surface area contributed by atoms with Crippen molar-refractivity contribution in [1.29, 1.82) is 5.26 Å². The van der Waals surface area contributed by atoms with Crippen molar-refractivity contribution in [3.63, 3.8) is 0 Å². The summed E-state index contributed by atoms with van der Waals surface area (Å²) >= 11 is 0. The highest BCUT2D eigenvalue weighted by Gasteiger charge is 2.14. The standard InChI is InChI=1S/C29H21FN2O3/c1-35-29(34)21-11-13-25(14-12-21)32-28(33)23(18-31)17-27-22(15-19-5-4-7-24(30)16-19)10-9-20-6-2-3-8-26(20)27/h2-14,16-17H,15H2,1H3,(H,32,33)/b23-17+. The normalized spacial score (nSPS) is 11.1. The van der Waals surface area contributed by atoms with Crippen molar-refractivity contribution in [2.75, 3.05) is 12.4 Å². The van der Waals surface area contributed by atoms with Crippen LogP contribution in [0.4, 0.5) is 10.1 Å². The lowest BCUT2D eigenvalue weighted by Gasteiger charge is -2.12. The van der Waals surface area contributed by atoms with Crippen LogP contribution in [-0.2, 0) is 16.0 Å². The molecular formula is C29H21FN2O3. The molecular weight excluding hydrogens is 443 g/mol. The molecule has 4 aromatic carbocycles. The van der Waals surface area contributed by atoms with Gasteiger partial charge in [-0.1, -0.05) is 48.5 Å². The molecule has 0 unspecified atom stereocenters. The van der Waals surface area contributed by atoms with Gasteiger partial charge in [0.25, 0.3) is 5.91 Å². The molecule has 172 valence electrons. The highest BCUT2D eigenvalue weighted by Crippen LogP contribution is 2.27. The molecule has 4 rings (SSSR count). The summed E-state index contributed by atoms with van der Waals surface area (Å²) in [6.07, 6.45) is 2.00. The fraction of sp³-hybridized carbons (Fsp3) is 0.0690. The summed E-state index contributed by atoms with van der Waals surface area (Å²) in [6, 6.07) is 26.1. The third-order valence-electron chi connectivity index (χ3n) is 5.56.